The maximum absolute atomic E-state index is 6.36. The lowest BCUT2D eigenvalue weighted by Gasteiger charge is -2.10. The van der Waals surface area contributed by atoms with Crippen molar-refractivity contribution in [2.24, 2.45) is 5.10 Å². The maximum Gasteiger partial charge on any atom is 0.141 e. The predicted octanol–water partition coefficient (Wildman–Crippen LogP) is 4.13. The van der Waals surface area contributed by atoms with E-state index in [-0.39, 0.29) is 0 Å². The monoisotopic (exact) mass is 349 g/mol. The number of hydrogen-bond acceptors (Lipinski definition) is 3. The standard InChI is InChI=1S/C19H16ClN5/c1-14-17(10-23-24-12-21-22-13-24)16-7-3-5-9-19(16)25(14)11-15-6-2-4-8-18(15)20/h2-10,12-13H,11H2,1H3. The molecule has 0 spiro atoms. The molecule has 2 aromatic carbocycles. The molecule has 0 bridgehead atoms. The lowest BCUT2D eigenvalue weighted by molar-refractivity contribution is 0.804. The summed E-state index contributed by atoms with van der Waals surface area (Å²) in [6, 6.07) is 16.3. The van der Waals surface area contributed by atoms with Gasteiger partial charge in [-0.05, 0) is 24.6 Å². The molecule has 0 amide bonds. The summed E-state index contributed by atoms with van der Waals surface area (Å²) in [6.45, 7) is 2.82. The molecular weight excluding hydrogens is 334 g/mol. The highest BCUT2D eigenvalue weighted by Gasteiger charge is 2.13. The van der Waals surface area contributed by atoms with E-state index in [1.165, 1.54) is 0 Å². The van der Waals surface area contributed by atoms with Crippen LogP contribution in [-0.2, 0) is 6.54 Å². The van der Waals surface area contributed by atoms with Gasteiger partial charge in [0.25, 0.3) is 0 Å². The molecule has 0 saturated carbocycles. The number of rotatable bonds is 4. The van der Waals surface area contributed by atoms with Gasteiger partial charge >= 0.3 is 0 Å². The van der Waals surface area contributed by atoms with E-state index in [1.807, 2.05) is 36.5 Å². The predicted molar refractivity (Wildman–Crippen MR) is 100 cm³/mol. The molecule has 124 valence electrons. The SMILES string of the molecule is Cc1c(C=Nn2cnnc2)c2ccccc2n1Cc1ccccc1Cl. The Labute approximate surface area is 150 Å². The molecule has 0 N–H and O–H groups in total. The number of hydrogen-bond donors (Lipinski definition) is 0. The van der Waals surface area contributed by atoms with E-state index >= 15 is 0 Å². The molecule has 4 aromatic rings. The van der Waals surface area contributed by atoms with Crippen molar-refractivity contribution in [2.75, 3.05) is 0 Å². The summed E-state index contributed by atoms with van der Waals surface area (Å²) in [5, 5.41) is 13.9. The Bertz CT molecular complexity index is 1050. The van der Waals surface area contributed by atoms with Crippen LogP contribution < -0.4 is 0 Å². The minimum absolute atomic E-state index is 0.715. The van der Waals surface area contributed by atoms with Crippen molar-refractivity contribution in [3.63, 3.8) is 0 Å². The number of benzene rings is 2. The zero-order valence-corrected chi connectivity index (χ0v) is 14.4. The first-order valence-electron chi connectivity index (χ1n) is 7.94. The Hall–Kier alpha value is -2.92. The summed E-state index contributed by atoms with van der Waals surface area (Å²) in [5.41, 5.74) is 4.47. The Balaban J connectivity index is 1.82. The van der Waals surface area contributed by atoms with E-state index in [1.54, 1.807) is 17.3 Å². The Kier molecular flexibility index (Phi) is 4.07. The Morgan fingerprint density at radius 1 is 1.04 bits per heavy atom. The van der Waals surface area contributed by atoms with Crippen LogP contribution in [0.1, 0.15) is 16.8 Å². The molecule has 0 radical (unpaired) electrons. The fourth-order valence-electron chi connectivity index (χ4n) is 3.00. The third-order valence-electron chi connectivity index (χ3n) is 4.29. The highest BCUT2D eigenvalue weighted by atomic mass is 35.5. The molecule has 6 heteroatoms. The first kappa shape index (κ1) is 15.6. The average molecular weight is 350 g/mol. The molecule has 0 atom stereocenters. The van der Waals surface area contributed by atoms with E-state index in [2.05, 4.69) is 45.0 Å². The van der Waals surface area contributed by atoms with E-state index < -0.39 is 0 Å². The first-order valence-corrected chi connectivity index (χ1v) is 8.32. The average Bonchev–Trinajstić information content (AvgIpc) is 3.23. The van der Waals surface area contributed by atoms with Gasteiger partial charge in [0.2, 0.25) is 0 Å². The Morgan fingerprint density at radius 3 is 2.56 bits per heavy atom. The van der Waals surface area contributed by atoms with Gasteiger partial charge in [-0.1, -0.05) is 48.0 Å². The zero-order chi connectivity index (χ0) is 17.2. The molecule has 0 fully saturated rings. The second kappa shape index (κ2) is 6.53. The van der Waals surface area contributed by atoms with Crippen LogP contribution >= 0.6 is 11.6 Å². The van der Waals surface area contributed by atoms with Crippen LogP contribution in [0.3, 0.4) is 0 Å². The quantitative estimate of drug-likeness (QED) is 0.520. The molecule has 2 heterocycles. The van der Waals surface area contributed by atoms with Crippen molar-refractivity contribution in [1.29, 1.82) is 0 Å². The molecule has 0 aliphatic rings. The highest BCUT2D eigenvalue weighted by molar-refractivity contribution is 6.31. The summed E-state index contributed by atoms with van der Waals surface area (Å²) in [6.07, 6.45) is 4.98. The van der Waals surface area contributed by atoms with Gasteiger partial charge in [0.1, 0.15) is 12.7 Å². The van der Waals surface area contributed by atoms with E-state index in [0.29, 0.717) is 6.54 Å². The van der Waals surface area contributed by atoms with Crippen molar-refractivity contribution in [3.8, 4) is 0 Å². The molecule has 2 aromatic heterocycles. The van der Waals surface area contributed by atoms with Gasteiger partial charge in [-0.2, -0.15) is 5.10 Å². The summed E-state index contributed by atoms with van der Waals surface area (Å²) in [7, 11) is 0. The van der Waals surface area contributed by atoms with Crippen LogP contribution in [0.2, 0.25) is 5.02 Å². The lowest BCUT2D eigenvalue weighted by Crippen LogP contribution is -2.03. The van der Waals surface area contributed by atoms with Crippen LogP contribution in [0.4, 0.5) is 0 Å². The molecule has 25 heavy (non-hydrogen) atoms. The van der Waals surface area contributed by atoms with Gasteiger partial charge < -0.3 is 4.57 Å². The van der Waals surface area contributed by atoms with Gasteiger partial charge in [-0.25, -0.2) is 4.68 Å². The maximum atomic E-state index is 6.36. The Morgan fingerprint density at radius 2 is 1.76 bits per heavy atom. The fraction of sp³-hybridized carbons (Fsp3) is 0.105. The minimum atomic E-state index is 0.715. The van der Waals surface area contributed by atoms with Crippen LogP contribution in [0.25, 0.3) is 10.9 Å². The number of fused-ring (bicyclic) bond motifs is 1. The van der Waals surface area contributed by atoms with Crippen LogP contribution in [0.5, 0.6) is 0 Å². The largest absolute Gasteiger partial charge is 0.340 e. The molecule has 0 aliphatic carbocycles. The second-order valence-electron chi connectivity index (χ2n) is 5.78. The molecular formula is C19H16ClN5. The first-order chi connectivity index (χ1) is 12.2. The van der Waals surface area contributed by atoms with Crippen molar-refractivity contribution >= 4 is 28.7 Å². The zero-order valence-electron chi connectivity index (χ0n) is 13.7. The number of para-hydroxylation sites is 1. The highest BCUT2D eigenvalue weighted by Crippen LogP contribution is 2.27. The van der Waals surface area contributed by atoms with Gasteiger partial charge in [-0.15, -0.1) is 10.2 Å². The molecule has 0 saturated heterocycles. The van der Waals surface area contributed by atoms with E-state index in [9.17, 15) is 0 Å². The van der Waals surface area contributed by atoms with Crippen LogP contribution in [0, 0.1) is 6.92 Å². The normalized spacial score (nSPS) is 11.6. The van der Waals surface area contributed by atoms with Gasteiger partial charge in [0.15, 0.2) is 0 Å². The topological polar surface area (TPSA) is 48.0 Å². The van der Waals surface area contributed by atoms with Crippen LogP contribution in [-0.4, -0.2) is 25.7 Å². The van der Waals surface area contributed by atoms with E-state index in [4.69, 9.17) is 11.6 Å². The van der Waals surface area contributed by atoms with Crippen molar-refractivity contribution in [2.45, 2.75) is 13.5 Å². The van der Waals surface area contributed by atoms with Crippen LogP contribution in [0.15, 0.2) is 66.3 Å². The van der Waals surface area contributed by atoms with Gasteiger partial charge in [0.05, 0.1) is 6.21 Å². The smallest absolute Gasteiger partial charge is 0.141 e. The van der Waals surface area contributed by atoms with Crippen molar-refractivity contribution in [1.82, 2.24) is 19.4 Å². The summed E-state index contributed by atoms with van der Waals surface area (Å²) in [4.78, 5) is 0. The number of aromatic nitrogens is 4. The lowest BCUT2D eigenvalue weighted by atomic mass is 10.1. The molecule has 4 rings (SSSR count). The van der Waals surface area contributed by atoms with Gasteiger partial charge in [-0.3, -0.25) is 0 Å². The summed E-state index contributed by atoms with van der Waals surface area (Å²) < 4.78 is 3.85. The summed E-state index contributed by atoms with van der Waals surface area (Å²) >= 11 is 6.36. The minimum Gasteiger partial charge on any atom is -0.340 e. The van der Waals surface area contributed by atoms with Crippen molar-refractivity contribution < 1.29 is 0 Å². The fourth-order valence-corrected chi connectivity index (χ4v) is 3.20. The number of halogens is 1. The van der Waals surface area contributed by atoms with Crippen molar-refractivity contribution in [3.05, 3.63) is 83.0 Å². The van der Waals surface area contributed by atoms with Gasteiger partial charge in [0, 0.05) is 33.7 Å². The third-order valence-corrected chi connectivity index (χ3v) is 4.66. The number of nitrogens with zero attached hydrogens (tertiary/aromatic N) is 5. The summed E-state index contributed by atoms with van der Waals surface area (Å²) in [5.74, 6) is 0. The third kappa shape index (κ3) is 2.94. The second-order valence-corrected chi connectivity index (χ2v) is 6.19. The molecule has 0 aliphatic heterocycles. The van der Waals surface area contributed by atoms with E-state index in [0.717, 1.165) is 32.7 Å². The molecule has 0 unspecified atom stereocenters. The molecule has 5 nitrogen and oxygen atoms in total.